The monoisotopic (exact) mass is 487 g/mol. The van der Waals surface area contributed by atoms with Gasteiger partial charge >= 0.3 is 0 Å². The summed E-state index contributed by atoms with van der Waals surface area (Å²) >= 11 is 0. The maximum atomic E-state index is 4.72. The van der Waals surface area contributed by atoms with Crippen molar-refractivity contribution in [2.24, 2.45) is 12.0 Å². The smallest absolute Gasteiger partial charge is 0.191 e. The molecule has 0 fully saturated rings. The summed E-state index contributed by atoms with van der Waals surface area (Å²) in [5.41, 5.74) is 0. The van der Waals surface area contributed by atoms with Gasteiger partial charge in [0.1, 0.15) is 24.0 Å². The molecular formula is C17H30IN9. The van der Waals surface area contributed by atoms with E-state index in [2.05, 4.69) is 37.8 Å². The van der Waals surface area contributed by atoms with Gasteiger partial charge in [0.25, 0.3) is 0 Å². The van der Waals surface area contributed by atoms with E-state index in [0.717, 1.165) is 68.0 Å². The summed E-state index contributed by atoms with van der Waals surface area (Å²) in [6.07, 6.45) is 4.22. The van der Waals surface area contributed by atoms with Crippen LogP contribution in [0.15, 0.2) is 4.99 Å². The number of halogens is 1. The number of aryl methyl sites for hydroxylation is 3. The van der Waals surface area contributed by atoms with Crippen LogP contribution in [0.4, 0.5) is 0 Å². The van der Waals surface area contributed by atoms with Crippen LogP contribution < -0.4 is 10.6 Å². The molecule has 0 amide bonds. The summed E-state index contributed by atoms with van der Waals surface area (Å²) in [6.45, 7) is 8.28. The van der Waals surface area contributed by atoms with Crippen LogP contribution in [0.1, 0.15) is 49.5 Å². The van der Waals surface area contributed by atoms with Crippen molar-refractivity contribution in [3.63, 3.8) is 0 Å². The lowest BCUT2D eigenvalue weighted by Crippen LogP contribution is -2.47. The summed E-state index contributed by atoms with van der Waals surface area (Å²) in [5.74, 6) is 4.49. The van der Waals surface area contributed by atoms with E-state index in [0.29, 0.717) is 6.54 Å². The minimum atomic E-state index is 0. The number of aromatic nitrogens is 6. The molecule has 3 rings (SSSR count). The number of guanidine groups is 1. The highest BCUT2D eigenvalue weighted by molar-refractivity contribution is 14.0. The molecule has 0 spiro atoms. The molecule has 150 valence electrons. The first-order chi connectivity index (χ1) is 12.6. The molecule has 2 aromatic rings. The number of nitrogens with zero attached hydrogens (tertiary/aromatic N) is 7. The fourth-order valence-electron chi connectivity index (χ4n) is 3.02. The molecule has 10 heteroatoms. The molecule has 1 aliphatic rings. The van der Waals surface area contributed by atoms with Gasteiger partial charge in [0.15, 0.2) is 11.8 Å². The average molecular weight is 487 g/mol. The Morgan fingerprint density at radius 1 is 1.30 bits per heavy atom. The number of hydrogen-bond donors (Lipinski definition) is 2. The Morgan fingerprint density at radius 2 is 2.11 bits per heavy atom. The molecule has 1 aliphatic heterocycles. The summed E-state index contributed by atoms with van der Waals surface area (Å²) in [6, 6.07) is 0.290. The minimum Gasteiger partial charge on any atom is -0.356 e. The van der Waals surface area contributed by atoms with E-state index in [1.165, 1.54) is 0 Å². The highest BCUT2D eigenvalue weighted by atomic mass is 127. The van der Waals surface area contributed by atoms with Crippen LogP contribution in [0.2, 0.25) is 0 Å². The number of unbranched alkanes of at least 4 members (excludes halogenated alkanes) is 1. The van der Waals surface area contributed by atoms with Crippen molar-refractivity contribution in [2.75, 3.05) is 6.54 Å². The van der Waals surface area contributed by atoms with Gasteiger partial charge in [-0.2, -0.15) is 5.10 Å². The molecule has 2 aromatic heterocycles. The summed E-state index contributed by atoms with van der Waals surface area (Å²) in [5, 5.41) is 19.7. The van der Waals surface area contributed by atoms with Crippen LogP contribution in [0.5, 0.6) is 0 Å². The Hall–Kier alpha value is -1.72. The zero-order valence-corrected chi connectivity index (χ0v) is 18.9. The molecule has 2 N–H and O–H groups in total. The van der Waals surface area contributed by atoms with Gasteiger partial charge in [-0.05, 0) is 26.7 Å². The van der Waals surface area contributed by atoms with Gasteiger partial charge in [-0.25, -0.2) is 14.7 Å². The Kier molecular flexibility index (Phi) is 7.99. The van der Waals surface area contributed by atoms with Crippen LogP contribution in [-0.2, 0) is 26.6 Å². The van der Waals surface area contributed by atoms with Crippen LogP contribution in [-0.4, -0.2) is 48.1 Å². The zero-order valence-electron chi connectivity index (χ0n) is 16.6. The van der Waals surface area contributed by atoms with Crippen molar-refractivity contribution in [1.29, 1.82) is 0 Å². The Bertz CT molecular complexity index is 765. The number of fused-ring (bicyclic) bond motifs is 1. The van der Waals surface area contributed by atoms with Crippen molar-refractivity contribution in [3.8, 4) is 0 Å². The largest absolute Gasteiger partial charge is 0.356 e. The van der Waals surface area contributed by atoms with Gasteiger partial charge in [0.05, 0.1) is 6.54 Å². The quantitative estimate of drug-likeness (QED) is 0.278. The third kappa shape index (κ3) is 5.63. The standard InChI is InChI=1S/C17H29N9.HI/c1-5-6-9-18-17(19-10-16-23-22-13(3)25(16)4)21-14-7-8-15-20-12(2)24-26(15)11-14;/h14H,5-11H2,1-4H3,(H2,18,19,21);1H. The molecule has 0 saturated heterocycles. The molecule has 27 heavy (non-hydrogen) atoms. The van der Waals surface area contributed by atoms with Gasteiger partial charge in [-0.3, -0.25) is 0 Å². The SMILES string of the molecule is CCCCNC(=NCc1nnc(C)n1C)NC1CCc2nc(C)nn2C1.I. The number of aliphatic imine (C=N–C) groups is 1. The molecule has 0 bridgehead atoms. The van der Waals surface area contributed by atoms with E-state index in [9.17, 15) is 0 Å². The lowest BCUT2D eigenvalue weighted by molar-refractivity contribution is 0.392. The first kappa shape index (κ1) is 21.6. The van der Waals surface area contributed by atoms with Crippen LogP contribution in [0, 0.1) is 13.8 Å². The van der Waals surface area contributed by atoms with Gasteiger partial charge in [-0.15, -0.1) is 34.2 Å². The second kappa shape index (κ2) is 10.00. The topological polar surface area (TPSA) is 97.8 Å². The van der Waals surface area contributed by atoms with Crippen LogP contribution in [0.25, 0.3) is 0 Å². The van der Waals surface area contributed by atoms with E-state index in [-0.39, 0.29) is 30.0 Å². The fourth-order valence-corrected chi connectivity index (χ4v) is 3.02. The van der Waals surface area contributed by atoms with Gasteiger partial charge < -0.3 is 15.2 Å². The lowest BCUT2D eigenvalue weighted by atomic mass is 10.1. The van der Waals surface area contributed by atoms with E-state index in [1.807, 2.05) is 30.1 Å². The molecule has 9 nitrogen and oxygen atoms in total. The zero-order chi connectivity index (χ0) is 18.5. The average Bonchev–Trinajstić information content (AvgIpc) is 3.14. The first-order valence-electron chi connectivity index (χ1n) is 9.37. The van der Waals surface area contributed by atoms with Gasteiger partial charge in [0, 0.05) is 26.1 Å². The number of hydrogen-bond acceptors (Lipinski definition) is 5. The van der Waals surface area contributed by atoms with E-state index < -0.39 is 0 Å². The lowest BCUT2D eigenvalue weighted by Gasteiger charge is -2.25. The normalized spacial score (nSPS) is 16.6. The highest BCUT2D eigenvalue weighted by Gasteiger charge is 2.21. The van der Waals surface area contributed by atoms with Crippen LogP contribution in [0.3, 0.4) is 0 Å². The summed E-state index contributed by atoms with van der Waals surface area (Å²) < 4.78 is 3.98. The summed E-state index contributed by atoms with van der Waals surface area (Å²) in [4.78, 5) is 9.19. The maximum Gasteiger partial charge on any atom is 0.191 e. The van der Waals surface area contributed by atoms with Crippen LogP contribution >= 0.6 is 24.0 Å². The maximum absolute atomic E-state index is 4.72. The molecule has 3 heterocycles. The first-order valence-corrected chi connectivity index (χ1v) is 9.37. The third-order valence-electron chi connectivity index (χ3n) is 4.69. The van der Waals surface area contributed by atoms with Gasteiger partial charge in [-0.1, -0.05) is 13.3 Å². The second-order valence-corrected chi connectivity index (χ2v) is 6.80. The number of nitrogens with one attached hydrogen (secondary N) is 2. The van der Waals surface area contributed by atoms with Crippen molar-refractivity contribution in [3.05, 3.63) is 23.3 Å². The van der Waals surface area contributed by atoms with E-state index in [1.54, 1.807) is 0 Å². The fraction of sp³-hybridized carbons (Fsp3) is 0.706. The molecule has 0 aliphatic carbocycles. The number of rotatable bonds is 6. The molecule has 0 saturated carbocycles. The Morgan fingerprint density at radius 3 is 2.81 bits per heavy atom. The predicted octanol–water partition coefficient (Wildman–Crippen LogP) is 1.49. The molecular weight excluding hydrogens is 457 g/mol. The summed E-state index contributed by atoms with van der Waals surface area (Å²) in [7, 11) is 1.97. The van der Waals surface area contributed by atoms with E-state index >= 15 is 0 Å². The van der Waals surface area contributed by atoms with Crippen molar-refractivity contribution < 1.29 is 0 Å². The molecule has 0 aromatic carbocycles. The highest BCUT2D eigenvalue weighted by Crippen LogP contribution is 2.12. The van der Waals surface area contributed by atoms with Crippen molar-refractivity contribution >= 4 is 29.9 Å². The predicted molar refractivity (Wildman–Crippen MR) is 115 cm³/mol. The second-order valence-electron chi connectivity index (χ2n) is 6.80. The van der Waals surface area contributed by atoms with Crippen molar-refractivity contribution in [1.82, 2.24) is 40.2 Å². The molecule has 0 radical (unpaired) electrons. The van der Waals surface area contributed by atoms with Crippen molar-refractivity contribution in [2.45, 2.75) is 65.6 Å². The molecule has 1 atom stereocenters. The third-order valence-corrected chi connectivity index (χ3v) is 4.69. The Labute approximate surface area is 177 Å². The minimum absolute atomic E-state index is 0. The van der Waals surface area contributed by atoms with Gasteiger partial charge in [0.2, 0.25) is 0 Å². The van der Waals surface area contributed by atoms with E-state index in [4.69, 9.17) is 4.99 Å². The Balaban J connectivity index is 0.00000261. The molecule has 1 unspecified atom stereocenters.